The molecule has 0 aliphatic rings. The molecule has 0 radical (unpaired) electrons. The normalized spacial score (nSPS) is 14.7. The van der Waals surface area contributed by atoms with E-state index in [1.165, 1.54) is 0 Å². The molecule has 0 aromatic carbocycles. The summed E-state index contributed by atoms with van der Waals surface area (Å²) in [4.78, 5) is 4.89. The maximum Gasteiger partial charge on any atom is 0.102 e. The van der Waals surface area contributed by atoms with Crippen LogP contribution in [0.2, 0.25) is 0 Å². The number of rotatable bonds is 5. The van der Waals surface area contributed by atoms with E-state index in [1.807, 2.05) is 19.9 Å². The van der Waals surface area contributed by atoms with Gasteiger partial charge in [0.25, 0.3) is 0 Å². The third-order valence-corrected chi connectivity index (χ3v) is 1.21. The third kappa shape index (κ3) is 5.84. The van der Waals surface area contributed by atoms with Crippen molar-refractivity contribution < 1.29 is 9.94 Å². The predicted octanol–water partition coefficient (Wildman–Crippen LogP) is -0.249. The van der Waals surface area contributed by atoms with Gasteiger partial charge in [-0.1, -0.05) is 6.08 Å². The van der Waals surface area contributed by atoms with Gasteiger partial charge in [0, 0.05) is 12.2 Å². The highest BCUT2D eigenvalue weighted by Crippen LogP contribution is 1.86. The Kier molecular flexibility index (Phi) is 5.83. The zero-order chi connectivity index (χ0) is 8.69. The number of nitrogens with one attached hydrogen (secondary N) is 1. The second kappa shape index (κ2) is 6.15. The number of hydrogen-bond donors (Lipinski definition) is 3. The molecule has 11 heavy (non-hydrogen) atoms. The lowest BCUT2D eigenvalue weighted by molar-refractivity contribution is -0.00207. The van der Waals surface area contributed by atoms with Gasteiger partial charge in [-0.2, -0.15) is 0 Å². The van der Waals surface area contributed by atoms with E-state index in [1.54, 1.807) is 0 Å². The Bertz CT molecular complexity index is 126. The van der Waals surface area contributed by atoms with E-state index in [9.17, 15) is 0 Å². The second-order valence-corrected chi connectivity index (χ2v) is 2.27. The molecule has 0 bridgehead atoms. The number of allylic oxidation sites excluding steroid dienone is 2. The van der Waals surface area contributed by atoms with Crippen LogP contribution in [-0.4, -0.2) is 24.4 Å². The van der Waals surface area contributed by atoms with Crippen LogP contribution in [0.4, 0.5) is 0 Å². The lowest BCUT2D eigenvalue weighted by atomic mass is 10.4. The molecule has 66 valence electrons. The first-order chi connectivity index (χ1) is 5.20. The monoisotopic (exact) mass is 160 g/mol. The van der Waals surface area contributed by atoms with Crippen molar-refractivity contribution in [2.45, 2.75) is 20.0 Å². The smallest absolute Gasteiger partial charge is 0.102 e. The van der Waals surface area contributed by atoms with Crippen molar-refractivity contribution in [3.05, 3.63) is 11.8 Å². The Labute approximate surface area is 67.0 Å². The highest BCUT2D eigenvalue weighted by molar-refractivity contribution is 4.88. The van der Waals surface area contributed by atoms with Crippen molar-refractivity contribution in [3.63, 3.8) is 0 Å². The van der Waals surface area contributed by atoms with Crippen molar-refractivity contribution in [1.29, 1.82) is 0 Å². The fourth-order valence-electron chi connectivity index (χ4n) is 0.379. The van der Waals surface area contributed by atoms with E-state index in [4.69, 9.17) is 15.7 Å². The van der Waals surface area contributed by atoms with Crippen LogP contribution >= 0.6 is 0 Å². The van der Waals surface area contributed by atoms with Gasteiger partial charge in [-0.3, -0.25) is 10.3 Å². The van der Waals surface area contributed by atoms with Gasteiger partial charge < -0.3 is 10.8 Å². The number of aliphatic hydroxyl groups excluding tert-OH is 1. The van der Waals surface area contributed by atoms with Gasteiger partial charge in [0.15, 0.2) is 0 Å². The van der Waals surface area contributed by atoms with Crippen molar-refractivity contribution in [1.82, 2.24) is 5.48 Å². The van der Waals surface area contributed by atoms with Gasteiger partial charge in [0.05, 0.1) is 6.10 Å². The van der Waals surface area contributed by atoms with E-state index in [0.29, 0.717) is 0 Å². The van der Waals surface area contributed by atoms with E-state index < -0.39 is 6.10 Å². The zero-order valence-electron chi connectivity index (χ0n) is 7.00. The molecule has 4 heteroatoms. The molecule has 0 aromatic rings. The highest BCUT2D eigenvalue weighted by atomic mass is 16.6. The summed E-state index contributed by atoms with van der Waals surface area (Å²) >= 11 is 0. The topological polar surface area (TPSA) is 67.5 Å². The maximum absolute atomic E-state index is 8.93. The molecule has 0 saturated heterocycles. The van der Waals surface area contributed by atoms with Gasteiger partial charge in [0.1, 0.15) is 6.61 Å². The number of hydroxylamine groups is 1. The van der Waals surface area contributed by atoms with Crippen LogP contribution in [0.15, 0.2) is 11.8 Å². The molecule has 4 nitrogen and oxygen atoms in total. The van der Waals surface area contributed by atoms with Crippen LogP contribution in [0.25, 0.3) is 0 Å². The minimum Gasteiger partial charge on any atom is -0.389 e. The van der Waals surface area contributed by atoms with Crippen LogP contribution in [-0.2, 0) is 4.84 Å². The fourth-order valence-corrected chi connectivity index (χ4v) is 0.379. The molecule has 1 unspecified atom stereocenters. The van der Waals surface area contributed by atoms with Crippen molar-refractivity contribution in [3.8, 4) is 0 Å². The number of aliphatic hydroxyl groups is 1. The minimum atomic E-state index is -0.591. The van der Waals surface area contributed by atoms with Crippen molar-refractivity contribution in [2.75, 3.05) is 13.2 Å². The maximum atomic E-state index is 8.93. The lowest BCUT2D eigenvalue weighted by Gasteiger charge is -2.09. The van der Waals surface area contributed by atoms with Crippen LogP contribution in [0, 0.1) is 0 Å². The van der Waals surface area contributed by atoms with Crippen LogP contribution in [0.3, 0.4) is 0 Å². The molecule has 0 aliphatic carbocycles. The summed E-state index contributed by atoms with van der Waals surface area (Å²) in [5.74, 6) is 0. The predicted molar refractivity (Wildman–Crippen MR) is 43.6 cm³/mol. The number of nitrogens with two attached hydrogens (primary N) is 1. The summed E-state index contributed by atoms with van der Waals surface area (Å²) in [7, 11) is 0. The Morgan fingerprint density at radius 2 is 2.45 bits per heavy atom. The minimum absolute atomic E-state index is 0.210. The van der Waals surface area contributed by atoms with Gasteiger partial charge in [-0.25, -0.2) is 0 Å². The SMILES string of the molecule is CC=C(C)NOCC(O)CN. The van der Waals surface area contributed by atoms with Crippen molar-refractivity contribution >= 4 is 0 Å². The van der Waals surface area contributed by atoms with E-state index in [0.717, 1.165) is 5.70 Å². The molecule has 0 fully saturated rings. The summed E-state index contributed by atoms with van der Waals surface area (Å²) < 4.78 is 0. The molecule has 1 atom stereocenters. The Morgan fingerprint density at radius 3 is 2.91 bits per heavy atom. The fraction of sp³-hybridized carbons (Fsp3) is 0.714. The van der Waals surface area contributed by atoms with Gasteiger partial charge in [0.2, 0.25) is 0 Å². The number of hydrogen-bond acceptors (Lipinski definition) is 4. The molecule has 0 rings (SSSR count). The molecule has 0 aromatic heterocycles. The highest BCUT2D eigenvalue weighted by Gasteiger charge is 1.99. The lowest BCUT2D eigenvalue weighted by Crippen LogP contribution is -2.28. The summed E-state index contributed by atoms with van der Waals surface area (Å²) in [5, 5.41) is 8.93. The summed E-state index contributed by atoms with van der Waals surface area (Å²) in [6.45, 7) is 4.19. The second-order valence-electron chi connectivity index (χ2n) is 2.27. The Hall–Kier alpha value is -0.580. The molecule has 0 amide bonds. The molecular formula is C7H16N2O2. The van der Waals surface area contributed by atoms with Gasteiger partial charge in [-0.05, 0) is 13.8 Å². The molecule has 0 spiro atoms. The van der Waals surface area contributed by atoms with E-state index in [2.05, 4.69) is 5.48 Å². The van der Waals surface area contributed by atoms with Gasteiger partial charge >= 0.3 is 0 Å². The molecular weight excluding hydrogens is 144 g/mol. The van der Waals surface area contributed by atoms with Crippen LogP contribution in [0.5, 0.6) is 0 Å². The third-order valence-electron chi connectivity index (χ3n) is 1.21. The molecule has 0 aliphatic heterocycles. The molecule has 0 heterocycles. The summed E-state index contributed by atoms with van der Waals surface area (Å²) in [6.07, 6.45) is 1.28. The Morgan fingerprint density at radius 1 is 1.82 bits per heavy atom. The first-order valence-corrected chi connectivity index (χ1v) is 3.59. The van der Waals surface area contributed by atoms with Gasteiger partial charge in [-0.15, -0.1) is 0 Å². The van der Waals surface area contributed by atoms with E-state index in [-0.39, 0.29) is 13.2 Å². The van der Waals surface area contributed by atoms with Crippen LogP contribution in [0.1, 0.15) is 13.8 Å². The summed E-state index contributed by atoms with van der Waals surface area (Å²) in [5.41, 5.74) is 8.70. The average molecular weight is 160 g/mol. The average Bonchev–Trinajstić information content (AvgIpc) is 2.04. The largest absolute Gasteiger partial charge is 0.389 e. The summed E-state index contributed by atoms with van der Waals surface area (Å²) in [6, 6.07) is 0. The molecule has 0 saturated carbocycles. The quantitative estimate of drug-likeness (QED) is 0.485. The Balaban J connectivity index is 3.27. The standard InChI is InChI=1S/C7H16N2O2/c1-3-6(2)9-11-5-7(10)4-8/h3,7,9-10H,4-5,8H2,1-2H3. The first kappa shape index (κ1) is 10.4. The van der Waals surface area contributed by atoms with Crippen LogP contribution < -0.4 is 11.2 Å². The molecule has 4 N–H and O–H groups in total. The van der Waals surface area contributed by atoms with E-state index >= 15 is 0 Å². The van der Waals surface area contributed by atoms with Crippen molar-refractivity contribution in [2.24, 2.45) is 5.73 Å². The zero-order valence-corrected chi connectivity index (χ0v) is 7.00. The first-order valence-electron chi connectivity index (χ1n) is 3.59.